The Kier molecular flexibility index (Phi) is 5.43. The first-order valence-corrected chi connectivity index (χ1v) is 7.87. The highest BCUT2D eigenvalue weighted by atomic mass is 35.5. The molecule has 0 radical (unpaired) electrons. The molecule has 0 bridgehead atoms. The molecule has 0 fully saturated rings. The molecule has 9 heteroatoms. The van der Waals surface area contributed by atoms with Crippen molar-refractivity contribution in [2.45, 2.75) is 13.0 Å². The normalized spacial score (nSPS) is 10.8. The van der Waals surface area contributed by atoms with Crippen molar-refractivity contribution in [3.8, 4) is 11.4 Å². The zero-order valence-electron chi connectivity index (χ0n) is 13.3. The van der Waals surface area contributed by atoms with Crippen LogP contribution in [-0.2, 0) is 11.2 Å². The summed E-state index contributed by atoms with van der Waals surface area (Å²) >= 11 is 6.01. The van der Waals surface area contributed by atoms with E-state index < -0.39 is 6.61 Å². The third kappa shape index (κ3) is 4.54. The molecule has 1 amide bonds. The van der Waals surface area contributed by atoms with Crippen molar-refractivity contribution in [1.82, 2.24) is 14.8 Å². The van der Waals surface area contributed by atoms with Crippen LogP contribution in [0.2, 0.25) is 5.02 Å². The van der Waals surface area contributed by atoms with Crippen LogP contribution in [0.15, 0.2) is 55.1 Å². The summed E-state index contributed by atoms with van der Waals surface area (Å²) in [6, 6.07) is 10.9. The van der Waals surface area contributed by atoms with Crippen molar-refractivity contribution in [3.05, 3.63) is 65.7 Å². The molecular formula is C17H13ClF2N4O2. The molecule has 0 spiro atoms. The fourth-order valence-corrected chi connectivity index (χ4v) is 2.48. The van der Waals surface area contributed by atoms with Crippen LogP contribution in [-0.4, -0.2) is 27.3 Å². The quantitative estimate of drug-likeness (QED) is 0.710. The number of benzene rings is 2. The van der Waals surface area contributed by atoms with E-state index in [1.54, 1.807) is 30.3 Å². The van der Waals surface area contributed by atoms with E-state index in [-0.39, 0.29) is 18.1 Å². The van der Waals surface area contributed by atoms with Gasteiger partial charge in [-0.15, -0.1) is 0 Å². The van der Waals surface area contributed by atoms with Gasteiger partial charge in [-0.3, -0.25) is 4.79 Å². The molecule has 1 N–H and O–H groups in total. The van der Waals surface area contributed by atoms with E-state index in [2.05, 4.69) is 20.1 Å². The van der Waals surface area contributed by atoms with Crippen molar-refractivity contribution in [1.29, 1.82) is 0 Å². The Morgan fingerprint density at radius 3 is 2.65 bits per heavy atom. The fraction of sp³-hybridized carbons (Fsp3) is 0.118. The van der Waals surface area contributed by atoms with E-state index in [1.165, 1.54) is 29.5 Å². The highest BCUT2D eigenvalue weighted by Gasteiger charge is 2.11. The first kappa shape index (κ1) is 17.8. The molecule has 134 valence electrons. The van der Waals surface area contributed by atoms with E-state index in [4.69, 9.17) is 11.6 Å². The molecule has 0 saturated heterocycles. The molecule has 2 aromatic carbocycles. The molecule has 1 heterocycles. The second-order valence-corrected chi connectivity index (χ2v) is 5.69. The smallest absolute Gasteiger partial charge is 0.387 e. The number of carbonyl (C=O) groups is 1. The number of rotatable bonds is 6. The number of hydrogen-bond donors (Lipinski definition) is 1. The van der Waals surface area contributed by atoms with Gasteiger partial charge in [0, 0.05) is 5.02 Å². The predicted octanol–water partition coefficient (Wildman–Crippen LogP) is 3.70. The molecule has 0 unspecified atom stereocenters. The average molecular weight is 379 g/mol. The van der Waals surface area contributed by atoms with Crippen molar-refractivity contribution in [2.75, 3.05) is 5.32 Å². The standard InChI is InChI=1S/C17H13ClF2N4O2/c18-12-3-6-15(24-10-21-9-22-24)14(8-12)23-16(25)7-11-1-4-13(5-2-11)26-17(19)20/h1-6,8-10,17H,7H2,(H,23,25). The van der Waals surface area contributed by atoms with E-state index in [1.807, 2.05) is 0 Å². The minimum atomic E-state index is -2.89. The van der Waals surface area contributed by atoms with E-state index in [0.717, 1.165) is 0 Å². The first-order chi connectivity index (χ1) is 12.5. The molecule has 0 atom stereocenters. The van der Waals surface area contributed by atoms with Gasteiger partial charge in [-0.1, -0.05) is 23.7 Å². The summed E-state index contributed by atoms with van der Waals surface area (Å²) in [7, 11) is 0. The minimum Gasteiger partial charge on any atom is -0.435 e. The summed E-state index contributed by atoms with van der Waals surface area (Å²) < 4.78 is 30.1. The lowest BCUT2D eigenvalue weighted by Gasteiger charge is -2.11. The number of anilines is 1. The molecule has 0 aliphatic rings. The van der Waals surface area contributed by atoms with E-state index >= 15 is 0 Å². The van der Waals surface area contributed by atoms with Crippen LogP contribution >= 0.6 is 11.6 Å². The number of nitrogens with one attached hydrogen (secondary N) is 1. The molecular weight excluding hydrogens is 366 g/mol. The van der Waals surface area contributed by atoms with Crippen LogP contribution in [0, 0.1) is 0 Å². The van der Waals surface area contributed by atoms with Crippen LogP contribution in [0.25, 0.3) is 5.69 Å². The maximum atomic E-state index is 12.3. The summed E-state index contributed by atoms with van der Waals surface area (Å²) in [6.07, 6.45) is 2.93. The summed E-state index contributed by atoms with van der Waals surface area (Å²) in [6.45, 7) is -2.89. The number of aromatic nitrogens is 3. The van der Waals surface area contributed by atoms with Gasteiger partial charge in [0.25, 0.3) is 0 Å². The molecule has 1 aromatic heterocycles. The van der Waals surface area contributed by atoms with Gasteiger partial charge < -0.3 is 10.1 Å². The number of nitrogens with zero attached hydrogens (tertiary/aromatic N) is 3. The van der Waals surface area contributed by atoms with E-state index in [0.29, 0.717) is 22.0 Å². The van der Waals surface area contributed by atoms with Gasteiger partial charge >= 0.3 is 6.61 Å². The van der Waals surface area contributed by atoms with Gasteiger partial charge in [0.2, 0.25) is 5.91 Å². The number of hydrogen-bond acceptors (Lipinski definition) is 4. The monoisotopic (exact) mass is 378 g/mol. The fourth-order valence-electron chi connectivity index (χ4n) is 2.31. The van der Waals surface area contributed by atoms with Gasteiger partial charge in [-0.25, -0.2) is 9.67 Å². The van der Waals surface area contributed by atoms with Crippen molar-refractivity contribution >= 4 is 23.2 Å². The number of ether oxygens (including phenoxy) is 1. The van der Waals surface area contributed by atoms with Crippen LogP contribution < -0.4 is 10.1 Å². The van der Waals surface area contributed by atoms with Crippen molar-refractivity contribution in [3.63, 3.8) is 0 Å². The maximum absolute atomic E-state index is 12.3. The first-order valence-electron chi connectivity index (χ1n) is 7.49. The highest BCUT2D eigenvalue weighted by Crippen LogP contribution is 2.24. The molecule has 0 saturated carbocycles. The van der Waals surface area contributed by atoms with Crippen molar-refractivity contribution < 1.29 is 18.3 Å². The Labute approximate surface area is 152 Å². The Morgan fingerprint density at radius 1 is 1.23 bits per heavy atom. The number of halogens is 3. The van der Waals surface area contributed by atoms with Crippen molar-refractivity contribution in [2.24, 2.45) is 0 Å². The van der Waals surface area contributed by atoms with Gasteiger partial charge in [0.15, 0.2) is 0 Å². The second-order valence-electron chi connectivity index (χ2n) is 5.25. The Hall–Kier alpha value is -3.00. The third-order valence-electron chi connectivity index (χ3n) is 3.41. The highest BCUT2D eigenvalue weighted by molar-refractivity contribution is 6.31. The summed E-state index contributed by atoms with van der Waals surface area (Å²) in [5, 5.41) is 7.27. The lowest BCUT2D eigenvalue weighted by atomic mass is 10.1. The minimum absolute atomic E-state index is 0.0347. The molecule has 3 aromatic rings. The molecule has 26 heavy (non-hydrogen) atoms. The van der Waals surface area contributed by atoms with Gasteiger partial charge in [-0.05, 0) is 35.9 Å². The van der Waals surface area contributed by atoms with Crippen LogP contribution in [0.5, 0.6) is 5.75 Å². The molecule has 0 aliphatic carbocycles. The van der Waals surface area contributed by atoms with Gasteiger partial charge in [0.05, 0.1) is 17.8 Å². The molecule has 6 nitrogen and oxygen atoms in total. The summed E-state index contributed by atoms with van der Waals surface area (Å²) in [5.74, 6) is -0.261. The maximum Gasteiger partial charge on any atom is 0.387 e. The van der Waals surface area contributed by atoms with Crippen LogP contribution in [0.1, 0.15) is 5.56 Å². The average Bonchev–Trinajstić information content (AvgIpc) is 3.10. The van der Waals surface area contributed by atoms with Gasteiger partial charge in [0.1, 0.15) is 18.4 Å². The number of amides is 1. The number of carbonyl (C=O) groups excluding carboxylic acids is 1. The summed E-state index contributed by atoms with van der Waals surface area (Å²) in [4.78, 5) is 16.2. The predicted molar refractivity (Wildman–Crippen MR) is 91.8 cm³/mol. The van der Waals surface area contributed by atoms with Crippen LogP contribution in [0.4, 0.5) is 14.5 Å². The zero-order chi connectivity index (χ0) is 18.5. The molecule has 3 rings (SSSR count). The second kappa shape index (κ2) is 7.92. The number of alkyl halides is 2. The third-order valence-corrected chi connectivity index (χ3v) is 3.65. The summed E-state index contributed by atoms with van der Waals surface area (Å²) in [5.41, 5.74) is 1.74. The zero-order valence-corrected chi connectivity index (χ0v) is 14.0. The largest absolute Gasteiger partial charge is 0.435 e. The van der Waals surface area contributed by atoms with Crippen LogP contribution in [0.3, 0.4) is 0 Å². The lowest BCUT2D eigenvalue weighted by molar-refractivity contribution is -0.115. The SMILES string of the molecule is O=C(Cc1ccc(OC(F)F)cc1)Nc1cc(Cl)ccc1-n1cncn1. The topological polar surface area (TPSA) is 69.0 Å². The van der Waals surface area contributed by atoms with Gasteiger partial charge in [-0.2, -0.15) is 13.9 Å². The van der Waals surface area contributed by atoms with E-state index in [9.17, 15) is 13.6 Å². The molecule has 0 aliphatic heterocycles. The lowest BCUT2D eigenvalue weighted by Crippen LogP contribution is -2.16. The Balaban J connectivity index is 1.71. The Morgan fingerprint density at radius 2 is 2.00 bits per heavy atom. The Bertz CT molecular complexity index is 886.